The van der Waals surface area contributed by atoms with Crippen molar-refractivity contribution in [2.75, 3.05) is 25.0 Å². The summed E-state index contributed by atoms with van der Waals surface area (Å²) < 4.78 is 58.8. The van der Waals surface area contributed by atoms with Crippen molar-refractivity contribution in [2.24, 2.45) is 5.92 Å². The van der Waals surface area contributed by atoms with Crippen molar-refractivity contribution in [3.05, 3.63) is 54.1 Å². The Morgan fingerprint density at radius 2 is 1.69 bits per heavy atom. The van der Waals surface area contributed by atoms with Crippen molar-refractivity contribution in [1.82, 2.24) is 4.31 Å². The summed E-state index contributed by atoms with van der Waals surface area (Å²) >= 11 is 0. The van der Waals surface area contributed by atoms with Crippen LogP contribution in [0.2, 0.25) is 0 Å². The van der Waals surface area contributed by atoms with E-state index in [0.717, 1.165) is 18.2 Å². The van der Waals surface area contributed by atoms with Crippen molar-refractivity contribution in [3.63, 3.8) is 0 Å². The summed E-state index contributed by atoms with van der Waals surface area (Å²) in [4.78, 5) is 12.5. The molecule has 2 aromatic carbocycles. The van der Waals surface area contributed by atoms with E-state index in [1.165, 1.54) is 16.4 Å². The van der Waals surface area contributed by atoms with Gasteiger partial charge in [0.05, 0.1) is 11.5 Å². The minimum Gasteiger partial charge on any atom is -0.494 e. The van der Waals surface area contributed by atoms with Crippen molar-refractivity contribution in [2.45, 2.75) is 24.7 Å². The zero-order valence-electron chi connectivity index (χ0n) is 15.9. The highest BCUT2D eigenvalue weighted by Gasteiger charge is 2.32. The van der Waals surface area contributed by atoms with Gasteiger partial charge in [0.1, 0.15) is 17.4 Å². The summed E-state index contributed by atoms with van der Waals surface area (Å²) in [5, 5.41) is 2.50. The molecule has 9 heteroatoms. The lowest BCUT2D eigenvalue weighted by Gasteiger charge is -2.30. The molecular weight excluding hydrogens is 402 g/mol. The third-order valence-corrected chi connectivity index (χ3v) is 6.64. The molecule has 1 aliphatic heterocycles. The highest BCUT2D eigenvalue weighted by atomic mass is 32.2. The van der Waals surface area contributed by atoms with E-state index in [4.69, 9.17) is 4.74 Å². The molecule has 1 saturated heterocycles. The number of halogens is 2. The van der Waals surface area contributed by atoms with Crippen LogP contribution in [0.4, 0.5) is 14.5 Å². The first-order valence-corrected chi connectivity index (χ1v) is 10.7. The first-order valence-electron chi connectivity index (χ1n) is 9.29. The van der Waals surface area contributed by atoms with Gasteiger partial charge < -0.3 is 10.1 Å². The molecule has 1 fully saturated rings. The predicted octanol–water partition coefficient (Wildman–Crippen LogP) is 3.40. The number of sulfonamides is 1. The van der Waals surface area contributed by atoms with Gasteiger partial charge in [-0.25, -0.2) is 17.2 Å². The summed E-state index contributed by atoms with van der Waals surface area (Å²) in [5.74, 6) is -1.79. The maximum atomic E-state index is 13.3. The van der Waals surface area contributed by atoms with Crippen molar-refractivity contribution >= 4 is 21.6 Å². The number of hydrogen-bond acceptors (Lipinski definition) is 4. The maximum Gasteiger partial charge on any atom is 0.243 e. The fourth-order valence-electron chi connectivity index (χ4n) is 3.25. The molecule has 1 heterocycles. The summed E-state index contributed by atoms with van der Waals surface area (Å²) in [6.45, 7) is 2.70. The van der Waals surface area contributed by atoms with Gasteiger partial charge in [-0.3, -0.25) is 4.79 Å². The van der Waals surface area contributed by atoms with Crippen LogP contribution in [-0.2, 0) is 14.8 Å². The highest BCUT2D eigenvalue weighted by molar-refractivity contribution is 7.89. The maximum absolute atomic E-state index is 13.3. The van der Waals surface area contributed by atoms with Gasteiger partial charge in [0.25, 0.3) is 0 Å². The molecule has 0 aromatic heterocycles. The Kier molecular flexibility index (Phi) is 6.49. The molecule has 1 aliphatic rings. The minimum atomic E-state index is -3.67. The smallest absolute Gasteiger partial charge is 0.243 e. The Morgan fingerprint density at radius 3 is 2.24 bits per heavy atom. The number of anilines is 1. The minimum absolute atomic E-state index is 0.0388. The molecule has 1 amide bonds. The molecule has 0 bridgehead atoms. The van der Waals surface area contributed by atoms with Crippen LogP contribution in [0.15, 0.2) is 47.4 Å². The van der Waals surface area contributed by atoms with Crippen LogP contribution < -0.4 is 10.1 Å². The van der Waals surface area contributed by atoms with E-state index in [1.807, 2.05) is 6.92 Å². The lowest BCUT2D eigenvalue weighted by atomic mass is 9.97. The Morgan fingerprint density at radius 1 is 1.10 bits per heavy atom. The number of nitrogens with one attached hydrogen (secondary N) is 1. The van der Waals surface area contributed by atoms with Crippen LogP contribution in [-0.4, -0.2) is 38.3 Å². The average molecular weight is 424 g/mol. The summed E-state index contributed by atoms with van der Waals surface area (Å²) in [6, 6.07) is 9.00. The molecule has 0 atom stereocenters. The summed E-state index contributed by atoms with van der Waals surface area (Å²) in [7, 11) is -3.67. The molecule has 1 N–H and O–H groups in total. The second kappa shape index (κ2) is 8.87. The van der Waals surface area contributed by atoms with E-state index in [2.05, 4.69) is 5.32 Å². The second-order valence-corrected chi connectivity index (χ2v) is 8.67. The van der Waals surface area contributed by atoms with Gasteiger partial charge in [-0.2, -0.15) is 4.31 Å². The number of carbonyl (C=O) groups excluding carboxylic acids is 1. The van der Waals surface area contributed by atoms with Crippen LogP contribution in [0.1, 0.15) is 19.8 Å². The molecule has 3 rings (SSSR count). The molecule has 0 saturated carbocycles. The van der Waals surface area contributed by atoms with Gasteiger partial charge >= 0.3 is 0 Å². The Bertz CT molecular complexity index is 952. The van der Waals surface area contributed by atoms with Crippen molar-refractivity contribution in [1.29, 1.82) is 0 Å². The van der Waals surface area contributed by atoms with Gasteiger partial charge in [-0.15, -0.1) is 0 Å². The van der Waals surface area contributed by atoms with Crippen LogP contribution in [0.25, 0.3) is 0 Å². The monoisotopic (exact) mass is 424 g/mol. The number of rotatable bonds is 6. The topological polar surface area (TPSA) is 75.7 Å². The SMILES string of the molecule is CCOc1ccc(S(=O)(=O)N2CCC(C(=O)Nc3cc(F)cc(F)c3)CC2)cc1. The third-order valence-electron chi connectivity index (χ3n) is 4.73. The first-order chi connectivity index (χ1) is 13.8. The Hall–Kier alpha value is -2.52. The second-order valence-electron chi connectivity index (χ2n) is 6.73. The van der Waals surface area contributed by atoms with Gasteiger partial charge in [0.2, 0.25) is 15.9 Å². The van der Waals surface area contributed by atoms with E-state index in [-0.39, 0.29) is 29.6 Å². The molecule has 6 nitrogen and oxygen atoms in total. The Balaban J connectivity index is 1.61. The summed E-state index contributed by atoms with van der Waals surface area (Å²) in [6.07, 6.45) is 0.639. The van der Waals surface area contributed by atoms with E-state index >= 15 is 0 Å². The van der Waals surface area contributed by atoms with Gasteiger partial charge in [0, 0.05) is 30.8 Å². The molecule has 29 heavy (non-hydrogen) atoms. The lowest BCUT2D eigenvalue weighted by molar-refractivity contribution is -0.120. The fraction of sp³-hybridized carbons (Fsp3) is 0.350. The number of piperidine rings is 1. The number of carbonyl (C=O) groups is 1. The zero-order valence-corrected chi connectivity index (χ0v) is 16.7. The Labute approximate surface area is 168 Å². The van der Waals surface area contributed by atoms with Crippen molar-refractivity contribution < 1.29 is 26.7 Å². The largest absolute Gasteiger partial charge is 0.494 e. The van der Waals surface area contributed by atoms with Gasteiger partial charge in [-0.1, -0.05) is 0 Å². The van der Waals surface area contributed by atoms with E-state index < -0.39 is 27.6 Å². The average Bonchev–Trinajstić information content (AvgIpc) is 2.68. The van der Waals surface area contributed by atoms with Crippen molar-refractivity contribution in [3.8, 4) is 5.75 Å². The highest BCUT2D eigenvalue weighted by Crippen LogP contribution is 2.26. The van der Waals surface area contributed by atoms with Crippen LogP contribution in [0.5, 0.6) is 5.75 Å². The third kappa shape index (κ3) is 5.10. The molecule has 0 aliphatic carbocycles. The standard InChI is InChI=1S/C20H22F2N2O4S/c1-2-28-18-3-5-19(6-4-18)29(26,27)24-9-7-14(8-10-24)20(25)23-17-12-15(21)11-16(22)13-17/h3-6,11-14H,2,7-10H2,1H3,(H,23,25). The first kappa shape index (κ1) is 21.2. The van der Waals surface area contributed by atoms with E-state index in [1.54, 1.807) is 12.1 Å². The van der Waals surface area contributed by atoms with Gasteiger partial charge in [-0.05, 0) is 56.2 Å². The van der Waals surface area contributed by atoms with Crippen LogP contribution in [0, 0.1) is 17.6 Å². The van der Waals surface area contributed by atoms with E-state index in [9.17, 15) is 22.0 Å². The summed E-state index contributed by atoms with van der Waals surface area (Å²) in [5.41, 5.74) is 0.0388. The number of ether oxygens (including phenoxy) is 1. The van der Waals surface area contributed by atoms with Gasteiger partial charge in [0.15, 0.2) is 0 Å². The molecule has 0 spiro atoms. The lowest BCUT2D eigenvalue weighted by Crippen LogP contribution is -2.41. The predicted molar refractivity (Wildman–Crippen MR) is 104 cm³/mol. The molecule has 0 unspecified atom stereocenters. The number of benzene rings is 2. The van der Waals surface area contributed by atoms with E-state index in [0.29, 0.717) is 25.2 Å². The fourth-order valence-corrected chi connectivity index (χ4v) is 4.72. The van der Waals surface area contributed by atoms with Crippen LogP contribution >= 0.6 is 0 Å². The molecule has 2 aromatic rings. The molecule has 156 valence electrons. The number of hydrogen-bond donors (Lipinski definition) is 1. The van der Waals surface area contributed by atoms with Crippen LogP contribution in [0.3, 0.4) is 0 Å². The number of amides is 1. The molecular formula is C20H22F2N2O4S. The normalized spacial score (nSPS) is 15.8. The number of nitrogens with zero attached hydrogens (tertiary/aromatic N) is 1. The zero-order chi connectivity index (χ0) is 21.0. The quantitative estimate of drug-likeness (QED) is 0.771. The molecule has 0 radical (unpaired) electrons.